The average molecular weight is 434 g/mol. The Kier molecular flexibility index (Phi) is 31.9. The standard InChI is InChI=1S/2ClH.Co.2Fe.2H2O4S/c;;;;;2*1-5(2,3)4/h2*1H;;;;2*(H2,1,2,3,4)/q;;3*+2;;/p-6. The first-order valence-corrected chi connectivity index (χ1v) is 7.12. The van der Waals surface area contributed by atoms with E-state index < -0.39 is 20.8 Å². The fourth-order valence-electron chi connectivity index (χ4n) is 0. The van der Waals surface area contributed by atoms with E-state index in [1.807, 2.05) is 0 Å². The molecule has 8 nitrogen and oxygen atoms in total. The van der Waals surface area contributed by atoms with Crippen LogP contribution in [0.4, 0.5) is 0 Å². The van der Waals surface area contributed by atoms with Gasteiger partial charge in [0.05, 0.1) is 0 Å². The van der Waals surface area contributed by atoms with Crippen molar-refractivity contribution in [2.45, 2.75) is 0 Å². The van der Waals surface area contributed by atoms with Crippen LogP contribution in [0.25, 0.3) is 0 Å². The van der Waals surface area contributed by atoms with Crippen molar-refractivity contribution >= 4 is 41.1 Å². The quantitative estimate of drug-likeness (QED) is 0.258. The van der Waals surface area contributed by atoms with E-state index in [0.717, 1.165) is 0 Å². The Morgan fingerprint density at radius 2 is 0.733 bits per heavy atom. The van der Waals surface area contributed by atoms with Crippen molar-refractivity contribution in [2.24, 2.45) is 0 Å². The Hall–Kier alpha value is 1.87. The summed E-state index contributed by atoms with van der Waals surface area (Å²) in [5.41, 5.74) is 0. The molecule has 0 saturated carbocycles. The normalized spacial score (nSPS) is 9.20. The van der Waals surface area contributed by atoms with Gasteiger partial charge in [-0.3, -0.25) is 16.8 Å². The van der Waals surface area contributed by atoms with Crippen molar-refractivity contribution < 1.29 is 82.1 Å². The molecule has 0 saturated heterocycles. The van der Waals surface area contributed by atoms with Crippen LogP contribution in [0.3, 0.4) is 0 Å². The second-order valence-corrected chi connectivity index (χ2v) is 4.22. The van der Waals surface area contributed by atoms with Crippen molar-refractivity contribution in [1.29, 1.82) is 0 Å². The van der Waals surface area contributed by atoms with E-state index in [-0.39, 0.29) is 34.1 Å². The minimum Gasteiger partial charge on any atom is 2.00 e. The van der Waals surface area contributed by atoms with Gasteiger partial charge >= 0.3 is 67.3 Å². The van der Waals surface area contributed by atoms with Crippen LogP contribution in [0.15, 0.2) is 0 Å². The van der Waals surface area contributed by atoms with Crippen molar-refractivity contribution in [1.82, 2.24) is 0 Å². The molecule has 99 valence electrons. The van der Waals surface area contributed by atoms with Crippen LogP contribution < -0.4 is 0 Å². The minimum atomic E-state index is -5.17. The molecule has 0 spiro atoms. The van der Waals surface area contributed by atoms with Crippen molar-refractivity contribution in [3.05, 3.63) is 0 Å². The predicted molar refractivity (Wildman–Crippen MR) is 32.7 cm³/mol. The Balaban J connectivity index is -0.0000000322. The zero-order valence-electron chi connectivity index (χ0n) is 5.88. The molecule has 0 atom stereocenters. The van der Waals surface area contributed by atoms with E-state index in [1.54, 1.807) is 0 Å². The van der Waals surface area contributed by atoms with E-state index in [2.05, 4.69) is 0 Å². The Bertz CT molecular complexity index is 238. The molecule has 0 aliphatic heterocycles. The van der Waals surface area contributed by atoms with Gasteiger partial charge in [0.15, 0.2) is 0 Å². The summed E-state index contributed by atoms with van der Waals surface area (Å²) in [6.45, 7) is 0. The first-order valence-electron chi connectivity index (χ1n) is 1.59. The molecule has 15 heteroatoms. The molecule has 0 aliphatic rings. The molecule has 0 radical (unpaired) electrons. The summed E-state index contributed by atoms with van der Waals surface area (Å²) in [4.78, 5) is 0. The Labute approximate surface area is 122 Å². The van der Waals surface area contributed by atoms with Gasteiger partial charge in [0.1, 0.15) is 0 Å². The zero-order valence-corrected chi connectivity index (χ0v) is 12.3. The van der Waals surface area contributed by atoms with E-state index in [4.69, 9.17) is 55.3 Å². The minimum absolute atomic E-state index is 0. The fourth-order valence-corrected chi connectivity index (χ4v) is 0. The van der Waals surface area contributed by atoms with Crippen LogP contribution in [-0.2, 0) is 67.8 Å². The van der Waals surface area contributed by atoms with Gasteiger partial charge in [-0.1, -0.05) is 0 Å². The van der Waals surface area contributed by atoms with Crippen LogP contribution in [0.5, 0.6) is 0 Å². The van der Waals surface area contributed by atoms with Crippen molar-refractivity contribution in [3.8, 4) is 0 Å². The molecule has 0 unspecified atom stereocenters. The maximum Gasteiger partial charge on any atom is 2.00 e. The van der Waals surface area contributed by atoms with E-state index in [0.29, 0.717) is 12.9 Å². The molecule has 0 bridgehead atoms. The smallest absolute Gasteiger partial charge is 2.00 e. The molecule has 15 heavy (non-hydrogen) atoms. The summed E-state index contributed by atoms with van der Waals surface area (Å²) in [6.07, 6.45) is 0. The zero-order chi connectivity index (χ0) is 11.7. The van der Waals surface area contributed by atoms with Crippen LogP contribution in [-0.4, -0.2) is 35.0 Å². The summed E-state index contributed by atoms with van der Waals surface area (Å²) in [6, 6.07) is 0. The number of hydrogen-bond acceptors (Lipinski definition) is 8. The van der Waals surface area contributed by atoms with Gasteiger partial charge in [0.2, 0.25) is 0 Å². The summed E-state index contributed by atoms with van der Waals surface area (Å²) in [5, 5.41) is 0. The molecule has 0 fully saturated rings. The molecule has 0 heterocycles. The second-order valence-electron chi connectivity index (χ2n) is 0.864. The monoisotopic (exact) mass is 433 g/mol. The first-order chi connectivity index (χ1) is 5.41. The maximum atomic E-state index is 8.52. The van der Waals surface area contributed by atoms with Gasteiger partial charge in [0, 0.05) is 20.8 Å². The van der Waals surface area contributed by atoms with Gasteiger partial charge in [-0.25, -0.2) is 0 Å². The van der Waals surface area contributed by atoms with Crippen LogP contribution in [0, 0.1) is 0 Å². The van der Waals surface area contributed by atoms with Gasteiger partial charge in [-0.2, -0.15) is 0 Å². The van der Waals surface area contributed by atoms with Gasteiger partial charge in [-0.05, 0) is 0 Å². The molecular weight excluding hydrogens is 434 g/mol. The largest absolute Gasteiger partial charge is 2.00 e. The number of halogens is 2. The molecule has 0 aromatic rings. The van der Waals surface area contributed by atoms with Gasteiger partial charge in [-0.15, -0.1) is 0 Å². The Morgan fingerprint density at radius 1 is 0.733 bits per heavy atom. The van der Waals surface area contributed by atoms with E-state index in [9.17, 15) is 0 Å². The van der Waals surface area contributed by atoms with Gasteiger partial charge < -0.3 is 18.2 Å². The van der Waals surface area contributed by atoms with Crippen LogP contribution >= 0.6 is 20.3 Å². The third-order valence-corrected chi connectivity index (χ3v) is 0. The van der Waals surface area contributed by atoms with E-state index >= 15 is 0 Å². The maximum absolute atomic E-state index is 8.52. The summed E-state index contributed by atoms with van der Waals surface area (Å²) >= 11 is 0.382. The predicted octanol–water partition coefficient (Wildman–Crippen LogP) is -1.30. The summed E-state index contributed by atoms with van der Waals surface area (Å²) in [5.74, 6) is 0. The third kappa shape index (κ3) is 876. The van der Waals surface area contributed by atoms with Crippen LogP contribution in [0.1, 0.15) is 0 Å². The molecule has 0 rings (SSSR count). The number of hydrogen-bond donors (Lipinski definition) is 0. The Morgan fingerprint density at radius 3 is 0.733 bits per heavy atom. The molecular formula is Cl2CoFe2O8S2. The molecule has 0 amide bonds. The number of rotatable bonds is 0. The molecule has 0 aromatic carbocycles. The van der Waals surface area contributed by atoms with Crippen molar-refractivity contribution in [2.75, 3.05) is 0 Å². The van der Waals surface area contributed by atoms with Crippen molar-refractivity contribution in [3.63, 3.8) is 0 Å². The molecule has 0 aromatic heterocycles. The topological polar surface area (TPSA) is 161 Å². The fraction of sp³-hybridized carbons (Fsp3) is 0. The van der Waals surface area contributed by atoms with Crippen LogP contribution in [0.2, 0.25) is 0 Å². The molecule has 0 aliphatic carbocycles. The first kappa shape index (κ1) is 30.2. The summed E-state index contributed by atoms with van der Waals surface area (Å²) < 4.78 is 68.2. The third-order valence-electron chi connectivity index (χ3n) is 0. The molecule has 0 N–H and O–H groups in total. The van der Waals surface area contributed by atoms with E-state index in [1.165, 1.54) is 0 Å². The average Bonchev–Trinajstić information content (AvgIpc) is 1.52. The SMILES string of the molecule is O=S(=O)([O-])[O-].O=S(=O)([O-])[O-].[Cl][Co][Cl].[Fe+2].[Fe+2]. The summed E-state index contributed by atoms with van der Waals surface area (Å²) in [7, 11) is -0.868. The van der Waals surface area contributed by atoms with Gasteiger partial charge in [0.25, 0.3) is 0 Å². The second kappa shape index (κ2) is 15.9.